The van der Waals surface area contributed by atoms with Crippen molar-refractivity contribution in [2.75, 3.05) is 13.1 Å². The van der Waals surface area contributed by atoms with E-state index in [0.717, 1.165) is 31.5 Å². The minimum absolute atomic E-state index is 0.0350. The van der Waals surface area contributed by atoms with Crippen LogP contribution in [0.2, 0.25) is 0 Å². The Hall–Kier alpha value is -1.36. The van der Waals surface area contributed by atoms with Crippen LogP contribution in [0, 0.1) is 5.41 Å². The Morgan fingerprint density at radius 3 is 3.05 bits per heavy atom. The predicted molar refractivity (Wildman–Crippen MR) is 74.7 cm³/mol. The number of carbonyl (C=O) groups excluding carboxylic acids is 1. The standard InChI is InChI=1S/C14H24N4O/c1-14(2)7-4-8-15-12(14)13(19)16-9-5-11-6-10-18(3)17-11/h6,10,12,15H,4-5,7-9H2,1-3H3,(H,16,19). The molecule has 1 atom stereocenters. The van der Waals surface area contributed by atoms with E-state index in [1.54, 1.807) is 4.68 Å². The number of hydrogen-bond donors (Lipinski definition) is 2. The number of hydrogen-bond acceptors (Lipinski definition) is 3. The summed E-state index contributed by atoms with van der Waals surface area (Å²) in [5.74, 6) is 0.112. The Kier molecular flexibility index (Phi) is 4.24. The fraction of sp³-hybridized carbons (Fsp3) is 0.714. The molecule has 2 N–H and O–H groups in total. The monoisotopic (exact) mass is 264 g/mol. The van der Waals surface area contributed by atoms with Gasteiger partial charge in [0.15, 0.2) is 0 Å². The van der Waals surface area contributed by atoms with Crippen molar-refractivity contribution in [2.45, 2.75) is 39.2 Å². The number of carbonyl (C=O) groups is 1. The van der Waals surface area contributed by atoms with E-state index in [9.17, 15) is 4.79 Å². The lowest BCUT2D eigenvalue weighted by Crippen LogP contribution is -2.55. The summed E-state index contributed by atoms with van der Waals surface area (Å²) < 4.78 is 1.78. The van der Waals surface area contributed by atoms with E-state index in [4.69, 9.17) is 0 Å². The van der Waals surface area contributed by atoms with E-state index >= 15 is 0 Å². The zero-order valence-corrected chi connectivity index (χ0v) is 12.1. The zero-order chi connectivity index (χ0) is 13.9. The minimum Gasteiger partial charge on any atom is -0.354 e. The van der Waals surface area contributed by atoms with Gasteiger partial charge in [-0.3, -0.25) is 9.48 Å². The van der Waals surface area contributed by atoms with Crippen molar-refractivity contribution < 1.29 is 4.79 Å². The molecule has 2 rings (SSSR count). The quantitative estimate of drug-likeness (QED) is 0.848. The van der Waals surface area contributed by atoms with Crippen molar-refractivity contribution in [2.24, 2.45) is 12.5 Å². The Morgan fingerprint density at radius 1 is 1.63 bits per heavy atom. The van der Waals surface area contributed by atoms with E-state index in [1.807, 2.05) is 19.3 Å². The van der Waals surface area contributed by atoms with Crippen LogP contribution in [0.15, 0.2) is 12.3 Å². The van der Waals surface area contributed by atoms with Crippen LogP contribution >= 0.6 is 0 Å². The first-order chi connectivity index (χ1) is 8.99. The Morgan fingerprint density at radius 2 is 2.42 bits per heavy atom. The normalized spacial score (nSPS) is 22.2. The van der Waals surface area contributed by atoms with Crippen molar-refractivity contribution >= 4 is 5.91 Å². The predicted octanol–water partition coefficient (Wildman–Crippen LogP) is 0.857. The molecule has 2 heterocycles. The van der Waals surface area contributed by atoms with E-state index < -0.39 is 0 Å². The van der Waals surface area contributed by atoms with Gasteiger partial charge in [0.05, 0.1) is 11.7 Å². The highest BCUT2D eigenvalue weighted by molar-refractivity contribution is 5.82. The highest BCUT2D eigenvalue weighted by Gasteiger charge is 2.36. The zero-order valence-electron chi connectivity index (χ0n) is 12.1. The van der Waals surface area contributed by atoms with Crippen molar-refractivity contribution in [1.82, 2.24) is 20.4 Å². The first kappa shape index (κ1) is 14.1. The fourth-order valence-electron chi connectivity index (χ4n) is 2.67. The molecule has 0 aromatic carbocycles. The maximum atomic E-state index is 12.2. The van der Waals surface area contributed by atoms with Gasteiger partial charge in [-0.25, -0.2) is 0 Å². The molecule has 5 nitrogen and oxygen atoms in total. The van der Waals surface area contributed by atoms with Crippen LogP contribution in [0.1, 0.15) is 32.4 Å². The SMILES string of the molecule is Cn1ccc(CCNC(=O)C2NCCCC2(C)C)n1. The van der Waals surface area contributed by atoms with Crippen LogP contribution in [0.4, 0.5) is 0 Å². The number of amides is 1. The van der Waals surface area contributed by atoms with Gasteiger partial charge in [0, 0.05) is 26.2 Å². The third kappa shape index (κ3) is 3.56. The van der Waals surface area contributed by atoms with Crippen LogP contribution in [-0.4, -0.2) is 34.8 Å². The lowest BCUT2D eigenvalue weighted by molar-refractivity contribution is -0.126. The van der Waals surface area contributed by atoms with Gasteiger partial charge in [-0.05, 0) is 30.9 Å². The Labute approximate surface area is 114 Å². The van der Waals surface area contributed by atoms with Crippen LogP contribution in [0.3, 0.4) is 0 Å². The maximum Gasteiger partial charge on any atom is 0.237 e. The van der Waals surface area contributed by atoms with Gasteiger partial charge >= 0.3 is 0 Å². The van der Waals surface area contributed by atoms with Crippen LogP contribution in [0.5, 0.6) is 0 Å². The molecule has 0 saturated carbocycles. The summed E-state index contributed by atoms with van der Waals surface area (Å²) in [4.78, 5) is 12.2. The number of aromatic nitrogens is 2. The third-order valence-corrected chi connectivity index (χ3v) is 3.84. The summed E-state index contributed by atoms with van der Waals surface area (Å²) in [6, 6.07) is 1.90. The summed E-state index contributed by atoms with van der Waals surface area (Å²) in [6.45, 7) is 5.89. The number of aryl methyl sites for hydroxylation is 1. The smallest absolute Gasteiger partial charge is 0.237 e. The van der Waals surface area contributed by atoms with Crippen molar-refractivity contribution in [3.8, 4) is 0 Å². The van der Waals surface area contributed by atoms with Gasteiger partial charge < -0.3 is 10.6 Å². The third-order valence-electron chi connectivity index (χ3n) is 3.84. The minimum atomic E-state index is -0.0787. The number of nitrogens with zero attached hydrogens (tertiary/aromatic N) is 2. The fourth-order valence-corrected chi connectivity index (χ4v) is 2.67. The molecule has 1 aliphatic heterocycles. The van der Waals surface area contributed by atoms with Crippen molar-refractivity contribution in [1.29, 1.82) is 0 Å². The van der Waals surface area contributed by atoms with E-state index in [2.05, 4.69) is 29.6 Å². The molecule has 1 aromatic heterocycles. The molecule has 0 spiro atoms. The van der Waals surface area contributed by atoms with Gasteiger partial charge in [-0.1, -0.05) is 13.8 Å². The largest absolute Gasteiger partial charge is 0.354 e. The van der Waals surface area contributed by atoms with E-state index in [-0.39, 0.29) is 17.4 Å². The molecule has 1 unspecified atom stereocenters. The topological polar surface area (TPSA) is 59.0 Å². The van der Waals surface area contributed by atoms with E-state index in [1.165, 1.54) is 0 Å². The van der Waals surface area contributed by atoms with Crippen LogP contribution in [0.25, 0.3) is 0 Å². The highest BCUT2D eigenvalue weighted by Crippen LogP contribution is 2.29. The summed E-state index contributed by atoms with van der Waals surface area (Å²) in [5, 5.41) is 10.6. The van der Waals surface area contributed by atoms with Gasteiger partial charge in [-0.15, -0.1) is 0 Å². The second-order valence-electron chi connectivity index (χ2n) is 6.00. The molecule has 0 bridgehead atoms. The molecule has 19 heavy (non-hydrogen) atoms. The summed E-state index contributed by atoms with van der Waals surface area (Å²) in [5.41, 5.74) is 1.05. The lowest BCUT2D eigenvalue weighted by atomic mass is 9.77. The number of piperidine rings is 1. The van der Waals surface area contributed by atoms with Gasteiger partial charge in [0.25, 0.3) is 0 Å². The first-order valence-corrected chi connectivity index (χ1v) is 6.99. The van der Waals surface area contributed by atoms with E-state index in [0.29, 0.717) is 6.54 Å². The van der Waals surface area contributed by atoms with Crippen molar-refractivity contribution in [3.05, 3.63) is 18.0 Å². The Bertz CT molecular complexity index is 438. The molecule has 106 valence electrons. The molecule has 1 saturated heterocycles. The average molecular weight is 264 g/mol. The van der Waals surface area contributed by atoms with Gasteiger partial charge in [0.2, 0.25) is 5.91 Å². The van der Waals surface area contributed by atoms with Crippen LogP contribution in [-0.2, 0) is 18.3 Å². The molecule has 1 amide bonds. The Balaban J connectivity index is 1.80. The molecule has 1 aliphatic rings. The molecule has 1 aromatic rings. The molecule has 0 radical (unpaired) electrons. The average Bonchev–Trinajstić information content (AvgIpc) is 2.74. The summed E-state index contributed by atoms with van der Waals surface area (Å²) in [6.07, 6.45) is 4.94. The summed E-state index contributed by atoms with van der Waals surface area (Å²) in [7, 11) is 1.90. The molecule has 0 aliphatic carbocycles. The van der Waals surface area contributed by atoms with Gasteiger partial charge in [0.1, 0.15) is 0 Å². The van der Waals surface area contributed by atoms with Crippen LogP contribution < -0.4 is 10.6 Å². The summed E-state index contributed by atoms with van der Waals surface area (Å²) >= 11 is 0. The lowest BCUT2D eigenvalue weighted by Gasteiger charge is -2.38. The first-order valence-electron chi connectivity index (χ1n) is 6.99. The number of nitrogens with one attached hydrogen (secondary N) is 2. The molecule has 5 heteroatoms. The molecular weight excluding hydrogens is 240 g/mol. The van der Waals surface area contributed by atoms with Crippen molar-refractivity contribution in [3.63, 3.8) is 0 Å². The molecule has 1 fully saturated rings. The van der Waals surface area contributed by atoms with Gasteiger partial charge in [-0.2, -0.15) is 5.10 Å². The highest BCUT2D eigenvalue weighted by atomic mass is 16.2. The maximum absolute atomic E-state index is 12.2. The number of rotatable bonds is 4. The second-order valence-corrected chi connectivity index (χ2v) is 6.00. The second kappa shape index (κ2) is 5.74. The molecular formula is C14H24N4O.